The van der Waals surface area contributed by atoms with Crippen molar-refractivity contribution in [3.63, 3.8) is 0 Å². The summed E-state index contributed by atoms with van der Waals surface area (Å²) in [4.78, 5) is 11.8. The highest BCUT2D eigenvalue weighted by Crippen LogP contribution is 2.35. The van der Waals surface area contributed by atoms with Gasteiger partial charge in [0.05, 0.1) is 0 Å². The average Bonchev–Trinajstić information content (AvgIpc) is 2.33. The van der Waals surface area contributed by atoms with Crippen LogP contribution >= 0.6 is 23.2 Å². The number of carbonyl (C=O) groups excluding carboxylic acids is 1. The van der Waals surface area contributed by atoms with E-state index in [1.807, 2.05) is 13.8 Å². The van der Waals surface area contributed by atoms with Gasteiger partial charge in [-0.3, -0.25) is 4.79 Å². The normalized spacial score (nSPS) is 13.8. The second kappa shape index (κ2) is 6.52. The molecule has 0 fully saturated rings. The van der Waals surface area contributed by atoms with Gasteiger partial charge in [-0.2, -0.15) is 0 Å². The number of carbonyl (C=O) groups is 1. The summed E-state index contributed by atoms with van der Waals surface area (Å²) in [7, 11) is -3.91. The molecule has 0 bridgehead atoms. The number of halogens is 2. The molecule has 118 valence electrons. The van der Waals surface area contributed by atoms with E-state index < -0.39 is 26.6 Å². The van der Waals surface area contributed by atoms with Gasteiger partial charge >= 0.3 is 0 Å². The lowest BCUT2D eigenvalue weighted by molar-refractivity contribution is -0.120. The van der Waals surface area contributed by atoms with Gasteiger partial charge < -0.3 is 5.32 Å². The highest BCUT2D eigenvalue weighted by molar-refractivity contribution is 7.90. The van der Waals surface area contributed by atoms with Gasteiger partial charge in [0, 0.05) is 22.0 Å². The Hall–Kier alpha value is -0.820. The number of benzene rings is 1. The van der Waals surface area contributed by atoms with Gasteiger partial charge in [-0.15, -0.1) is 0 Å². The Kier molecular flexibility index (Phi) is 5.66. The quantitative estimate of drug-likeness (QED) is 0.849. The molecule has 21 heavy (non-hydrogen) atoms. The maximum Gasteiger partial charge on any atom is 0.239 e. The second-order valence-electron chi connectivity index (χ2n) is 5.43. The van der Waals surface area contributed by atoms with Crippen LogP contribution in [-0.2, 0) is 20.2 Å². The van der Waals surface area contributed by atoms with Crippen molar-refractivity contribution in [1.82, 2.24) is 5.32 Å². The van der Waals surface area contributed by atoms with Gasteiger partial charge in [-0.25, -0.2) is 13.6 Å². The molecule has 1 aromatic rings. The molecule has 8 heteroatoms. The van der Waals surface area contributed by atoms with Crippen molar-refractivity contribution in [2.24, 2.45) is 5.14 Å². The topological polar surface area (TPSA) is 89.3 Å². The summed E-state index contributed by atoms with van der Waals surface area (Å²) < 4.78 is 22.3. The number of primary sulfonamides is 1. The fourth-order valence-corrected chi connectivity index (χ4v) is 3.12. The largest absolute Gasteiger partial charge is 0.354 e. The molecular formula is C13H18Cl2N2O3S. The van der Waals surface area contributed by atoms with Crippen LogP contribution in [0.4, 0.5) is 0 Å². The van der Waals surface area contributed by atoms with Crippen LogP contribution in [0.25, 0.3) is 0 Å². The molecule has 1 rings (SSSR count). The first kappa shape index (κ1) is 18.2. The van der Waals surface area contributed by atoms with Gasteiger partial charge in [0.1, 0.15) is 0 Å². The zero-order chi connectivity index (χ0) is 16.4. The zero-order valence-corrected chi connectivity index (χ0v) is 14.3. The van der Waals surface area contributed by atoms with Gasteiger partial charge in [0.15, 0.2) is 5.25 Å². The standard InChI is InChI=1S/C13H18Cl2N2O3S/c1-8(21(16,19)20)12(18)17-7-13(2,3)11-9(14)5-4-6-10(11)15/h4-6,8H,7H2,1-3H3,(H,17,18)(H2,16,19,20). The van der Waals surface area contributed by atoms with Crippen LogP contribution in [0.15, 0.2) is 18.2 Å². The fraction of sp³-hybridized carbons (Fsp3) is 0.462. The van der Waals surface area contributed by atoms with E-state index in [9.17, 15) is 13.2 Å². The van der Waals surface area contributed by atoms with Gasteiger partial charge in [0.2, 0.25) is 15.9 Å². The lowest BCUT2D eigenvalue weighted by Gasteiger charge is -2.28. The van der Waals surface area contributed by atoms with Crippen molar-refractivity contribution in [3.05, 3.63) is 33.8 Å². The third-order valence-corrected chi connectivity index (χ3v) is 5.04. The third-order valence-electron chi connectivity index (χ3n) is 3.21. The predicted molar refractivity (Wildman–Crippen MR) is 85.1 cm³/mol. The molecule has 0 aliphatic carbocycles. The van der Waals surface area contributed by atoms with Crippen molar-refractivity contribution < 1.29 is 13.2 Å². The molecule has 0 heterocycles. The molecule has 0 aliphatic heterocycles. The Balaban J connectivity index is 2.90. The molecule has 1 unspecified atom stereocenters. The molecule has 1 atom stereocenters. The van der Waals surface area contributed by atoms with Gasteiger partial charge in [-0.1, -0.05) is 43.1 Å². The van der Waals surface area contributed by atoms with Crippen molar-refractivity contribution in [2.45, 2.75) is 31.4 Å². The van der Waals surface area contributed by atoms with E-state index in [0.717, 1.165) is 0 Å². The minimum atomic E-state index is -3.91. The van der Waals surface area contributed by atoms with E-state index >= 15 is 0 Å². The Bertz CT molecular complexity index is 625. The average molecular weight is 353 g/mol. The fourth-order valence-electron chi connectivity index (χ4n) is 1.83. The third kappa shape index (κ3) is 4.57. The number of amides is 1. The van der Waals surface area contributed by atoms with Crippen LogP contribution in [0.5, 0.6) is 0 Å². The lowest BCUT2D eigenvalue weighted by atomic mass is 9.84. The van der Waals surface area contributed by atoms with E-state index in [0.29, 0.717) is 15.6 Å². The number of nitrogens with one attached hydrogen (secondary N) is 1. The predicted octanol–water partition coefficient (Wildman–Crippen LogP) is 2.06. The van der Waals surface area contributed by atoms with Crippen LogP contribution in [0.2, 0.25) is 10.0 Å². The zero-order valence-electron chi connectivity index (χ0n) is 12.0. The first-order chi connectivity index (χ1) is 9.47. The number of hydrogen-bond acceptors (Lipinski definition) is 3. The monoisotopic (exact) mass is 352 g/mol. The highest BCUT2D eigenvalue weighted by atomic mass is 35.5. The number of sulfonamides is 1. The molecule has 0 aliphatic rings. The molecular weight excluding hydrogens is 335 g/mol. The summed E-state index contributed by atoms with van der Waals surface area (Å²) in [6, 6.07) is 5.14. The number of rotatable bonds is 5. The van der Waals surface area contributed by atoms with E-state index in [1.54, 1.807) is 18.2 Å². The van der Waals surface area contributed by atoms with Crippen LogP contribution < -0.4 is 10.5 Å². The van der Waals surface area contributed by atoms with E-state index in [2.05, 4.69) is 5.32 Å². The van der Waals surface area contributed by atoms with Gasteiger partial charge in [-0.05, 0) is 24.6 Å². The number of nitrogens with two attached hydrogens (primary N) is 1. The van der Waals surface area contributed by atoms with Crippen molar-refractivity contribution >= 4 is 39.1 Å². The molecule has 0 radical (unpaired) electrons. The van der Waals surface area contributed by atoms with Crippen LogP contribution in [0.3, 0.4) is 0 Å². The van der Waals surface area contributed by atoms with Crippen LogP contribution in [0, 0.1) is 0 Å². The molecule has 1 aromatic carbocycles. The first-order valence-electron chi connectivity index (χ1n) is 6.20. The Morgan fingerprint density at radius 3 is 2.24 bits per heavy atom. The maximum atomic E-state index is 11.8. The second-order valence-corrected chi connectivity index (χ2v) is 8.13. The molecule has 0 saturated carbocycles. The lowest BCUT2D eigenvalue weighted by Crippen LogP contribution is -2.45. The Morgan fingerprint density at radius 2 is 1.81 bits per heavy atom. The Morgan fingerprint density at radius 1 is 1.33 bits per heavy atom. The Labute approximate surface area is 134 Å². The molecule has 0 saturated heterocycles. The molecule has 0 aromatic heterocycles. The van der Waals surface area contributed by atoms with E-state index in [-0.39, 0.29) is 6.54 Å². The van der Waals surface area contributed by atoms with Crippen molar-refractivity contribution in [1.29, 1.82) is 0 Å². The summed E-state index contributed by atoms with van der Waals surface area (Å²) in [5, 5.41) is 7.18. The number of hydrogen-bond donors (Lipinski definition) is 2. The smallest absolute Gasteiger partial charge is 0.239 e. The highest BCUT2D eigenvalue weighted by Gasteiger charge is 2.29. The van der Waals surface area contributed by atoms with Crippen LogP contribution in [-0.4, -0.2) is 26.1 Å². The van der Waals surface area contributed by atoms with Gasteiger partial charge in [0.25, 0.3) is 0 Å². The summed E-state index contributed by atoms with van der Waals surface area (Å²) in [5.41, 5.74) is 0.125. The summed E-state index contributed by atoms with van der Waals surface area (Å²) in [5.74, 6) is -0.659. The first-order valence-corrected chi connectivity index (χ1v) is 8.57. The SMILES string of the molecule is CC(C(=O)NCC(C)(C)c1c(Cl)cccc1Cl)S(N)(=O)=O. The summed E-state index contributed by atoms with van der Waals surface area (Å²) in [6.45, 7) is 5.11. The van der Waals surface area contributed by atoms with Crippen molar-refractivity contribution in [2.75, 3.05) is 6.54 Å². The minimum absolute atomic E-state index is 0.176. The minimum Gasteiger partial charge on any atom is -0.354 e. The van der Waals surface area contributed by atoms with E-state index in [4.69, 9.17) is 28.3 Å². The molecule has 0 spiro atoms. The van der Waals surface area contributed by atoms with Crippen molar-refractivity contribution in [3.8, 4) is 0 Å². The molecule has 1 amide bonds. The van der Waals surface area contributed by atoms with Crippen LogP contribution in [0.1, 0.15) is 26.3 Å². The maximum absolute atomic E-state index is 11.8. The van der Waals surface area contributed by atoms with E-state index in [1.165, 1.54) is 6.92 Å². The summed E-state index contributed by atoms with van der Waals surface area (Å²) in [6.07, 6.45) is 0. The molecule has 3 N–H and O–H groups in total. The summed E-state index contributed by atoms with van der Waals surface area (Å²) >= 11 is 12.3. The molecule has 5 nitrogen and oxygen atoms in total.